The summed E-state index contributed by atoms with van der Waals surface area (Å²) in [5.41, 5.74) is 0. The summed E-state index contributed by atoms with van der Waals surface area (Å²) in [5.74, 6) is 0.692. The van der Waals surface area contributed by atoms with Gasteiger partial charge in [-0.25, -0.2) is 0 Å². The number of hydrogen-bond donors (Lipinski definition) is 3. The summed E-state index contributed by atoms with van der Waals surface area (Å²) < 4.78 is 0. The van der Waals surface area contributed by atoms with Crippen molar-refractivity contribution in [2.45, 2.75) is 45.6 Å². The largest absolute Gasteiger partial charge is 0.356 e. The van der Waals surface area contributed by atoms with Crippen LogP contribution >= 0.6 is 0 Å². The van der Waals surface area contributed by atoms with Gasteiger partial charge < -0.3 is 16.0 Å². The normalized spacial score (nSPS) is 21.2. The number of carbonyl (C=O) groups is 1. The van der Waals surface area contributed by atoms with Crippen molar-refractivity contribution >= 4 is 5.91 Å². The molecule has 0 bridgehead atoms. The van der Waals surface area contributed by atoms with Gasteiger partial charge in [0.1, 0.15) is 0 Å². The van der Waals surface area contributed by atoms with Crippen LogP contribution in [0.15, 0.2) is 0 Å². The van der Waals surface area contributed by atoms with E-state index in [0.717, 1.165) is 26.2 Å². The summed E-state index contributed by atoms with van der Waals surface area (Å²) in [7, 11) is 0. The van der Waals surface area contributed by atoms with Gasteiger partial charge in [0.05, 0.1) is 0 Å². The van der Waals surface area contributed by atoms with E-state index in [-0.39, 0.29) is 5.91 Å². The Morgan fingerprint density at radius 2 is 2.18 bits per heavy atom. The lowest BCUT2D eigenvalue weighted by Gasteiger charge is -2.15. The minimum atomic E-state index is 0.165. The minimum Gasteiger partial charge on any atom is -0.356 e. The smallest absolute Gasteiger partial charge is 0.221 e. The van der Waals surface area contributed by atoms with E-state index in [2.05, 4.69) is 29.8 Å². The summed E-state index contributed by atoms with van der Waals surface area (Å²) in [6.45, 7) is 8.03. The first-order chi connectivity index (χ1) is 8.18. The number of rotatable bonds is 6. The highest BCUT2D eigenvalue weighted by Crippen LogP contribution is 2.04. The number of hydrogen-bond acceptors (Lipinski definition) is 3. The third-order valence-corrected chi connectivity index (χ3v) is 3.07. The topological polar surface area (TPSA) is 53.2 Å². The first-order valence-corrected chi connectivity index (χ1v) is 6.89. The van der Waals surface area contributed by atoms with E-state index in [1.807, 2.05) is 0 Å². The quantitative estimate of drug-likeness (QED) is 0.647. The Morgan fingerprint density at radius 1 is 1.35 bits per heavy atom. The van der Waals surface area contributed by atoms with Gasteiger partial charge in [0.25, 0.3) is 0 Å². The van der Waals surface area contributed by atoms with Gasteiger partial charge in [-0.05, 0) is 38.3 Å². The summed E-state index contributed by atoms with van der Waals surface area (Å²) in [5, 5.41) is 9.81. The maximum atomic E-state index is 11.5. The maximum Gasteiger partial charge on any atom is 0.221 e. The summed E-state index contributed by atoms with van der Waals surface area (Å²) in [4.78, 5) is 11.5. The molecule has 0 aromatic rings. The molecule has 1 heterocycles. The van der Waals surface area contributed by atoms with Crippen LogP contribution in [0.25, 0.3) is 0 Å². The minimum absolute atomic E-state index is 0.165. The van der Waals surface area contributed by atoms with Crippen molar-refractivity contribution in [3.05, 3.63) is 0 Å². The molecule has 0 radical (unpaired) electrons. The summed E-state index contributed by atoms with van der Waals surface area (Å²) in [6.07, 6.45) is 4.22. The number of nitrogens with one attached hydrogen (secondary N) is 3. The molecule has 0 spiro atoms. The first-order valence-electron chi connectivity index (χ1n) is 6.89. The van der Waals surface area contributed by atoms with E-state index in [9.17, 15) is 4.79 Å². The highest BCUT2D eigenvalue weighted by molar-refractivity contribution is 5.76. The summed E-state index contributed by atoms with van der Waals surface area (Å²) >= 11 is 0. The van der Waals surface area contributed by atoms with Crippen molar-refractivity contribution in [2.75, 3.05) is 26.2 Å². The van der Waals surface area contributed by atoms with Crippen molar-refractivity contribution < 1.29 is 4.79 Å². The van der Waals surface area contributed by atoms with Crippen LogP contribution in [0.5, 0.6) is 0 Å². The van der Waals surface area contributed by atoms with Crippen molar-refractivity contribution in [1.29, 1.82) is 0 Å². The molecule has 1 saturated heterocycles. The van der Waals surface area contributed by atoms with Crippen LogP contribution in [0.4, 0.5) is 0 Å². The van der Waals surface area contributed by atoms with Crippen LogP contribution in [0.2, 0.25) is 0 Å². The molecular weight excluding hydrogens is 214 g/mol. The monoisotopic (exact) mass is 241 g/mol. The second-order valence-electron chi connectivity index (χ2n) is 5.28. The lowest BCUT2D eigenvalue weighted by atomic mass is 10.1. The second-order valence-corrected chi connectivity index (χ2v) is 5.28. The maximum absolute atomic E-state index is 11.5. The predicted octanol–water partition coefficient (Wildman–Crippen LogP) is 0.880. The van der Waals surface area contributed by atoms with Crippen LogP contribution in [-0.4, -0.2) is 38.1 Å². The lowest BCUT2D eigenvalue weighted by Crippen LogP contribution is -2.35. The fourth-order valence-electron chi connectivity index (χ4n) is 2.02. The fraction of sp³-hybridized carbons (Fsp3) is 0.923. The molecular formula is C13H27N3O. The second kappa shape index (κ2) is 8.48. The average molecular weight is 241 g/mol. The number of amides is 1. The van der Waals surface area contributed by atoms with Gasteiger partial charge in [-0.1, -0.05) is 13.8 Å². The molecule has 1 fully saturated rings. The molecule has 3 N–H and O–H groups in total. The molecule has 0 aliphatic carbocycles. The first kappa shape index (κ1) is 14.5. The zero-order valence-electron chi connectivity index (χ0n) is 11.2. The molecule has 1 rings (SSSR count). The van der Waals surface area contributed by atoms with E-state index in [4.69, 9.17) is 0 Å². The molecule has 100 valence electrons. The molecule has 1 aliphatic heterocycles. The molecule has 0 saturated carbocycles. The Morgan fingerprint density at radius 3 is 2.94 bits per heavy atom. The van der Waals surface area contributed by atoms with Crippen molar-refractivity contribution in [2.24, 2.45) is 5.92 Å². The third kappa shape index (κ3) is 7.34. The van der Waals surface area contributed by atoms with E-state index in [1.54, 1.807) is 0 Å². The molecule has 1 unspecified atom stereocenters. The molecule has 4 nitrogen and oxygen atoms in total. The van der Waals surface area contributed by atoms with Gasteiger partial charge in [0.15, 0.2) is 0 Å². The zero-order valence-corrected chi connectivity index (χ0v) is 11.2. The van der Waals surface area contributed by atoms with E-state index >= 15 is 0 Å². The molecule has 1 atom stereocenters. The molecule has 1 aliphatic rings. The lowest BCUT2D eigenvalue weighted by molar-refractivity contribution is -0.121. The Balaban J connectivity index is 2.03. The van der Waals surface area contributed by atoms with E-state index < -0.39 is 0 Å². The average Bonchev–Trinajstić information content (AvgIpc) is 2.55. The Labute approximate surface area is 105 Å². The van der Waals surface area contributed by atoms with Crippen LogP contribution < -0.4 is 16.0 Å². The van der Waals surface area contributed by atoms with Crippen molar-refractivity contribution in [1.82, 2.24) is 16.0 Å². The van der Waals surface area contributed by atoms with Gasteiger partial charge in [-0.15, -0.1) is 0 Å². The van der Waals surface area contributed by atoms with Crippen LogP contribution in [0, 0.1) is 5.92 Å². The van der Waals surface area contributed by atoms with Crippen molar-refractivity contribution in [3.63, 3.8) is 0 Å². The van der Waals surface area contributed by atoms with Crippen LogP contribution in [0.1, 0.15) is 39.5 Å². The molecule has 0 aromatic carbocycles. The predicted molar refractivity (Wildman–Crippen MR) is 71.0 cm³/mol. The Bertz CT molecular complexity index is 211. The van der Waals surface area contributed by atoms with E-state index in [1.165, 1.54) is 19.3 Å². The molecule has 0 aromatic heterocycles. The van der Waals surface area contributed by atoms with Gasteiger partial charge in [-0.3, -0.25) is 4.79 Å². The molecule has 1 amide bonds. The zero-order chi connectivity index (χ0) is 12.5. The van der Waals surface area contributed by atoms with E-state index in [0.29, 0.717) is 18.4 Å². The van der Waals surface area contributed by atoms with Crippen LogP contribution in [-0.2, 0) is 4.79 Å². The SMILES string of the molecule is CC(C)CNC(=O)CCNC1CCCNCC1. The van der Waals surface area contributed by atoms with Gasteiger partial charge >= 0.3 is 0 Å². The standard InChI is InChI=1S/C13H27N3O/c1-11(2)10-16-13(17)6-9-15-12-4-3-7-14-8-5-12/h11-12,14-15H,3-10H2,1-2H3,(H,16,17). The molecule has 4 heteroatoms. The van der Waals surface area contributed by atoms with Crippen LogP contribution in [0.3, 0.4) is 0 Å². The third-order valence-electron chi connectivity index (χ3n) is 3.07. The highest BCUT2D eigenvalue weighted by Gasteiger charge is 2.11. The van der Waals surface area contributed by atoms with Crippen molar-refractivity contribution in [3.8, 4) is 0 Å². The van der Waals surface area contributed by atoms with Gasteiger partial charge in [0.2, 0.25) is 5.91 Å². The molecule has 17 heavy (non-hydrogen) atoms. The fourth-order valence-corrected chi connectivity index (χ4v) is 2.02. The van der Waals surface area contributed by atoms with Gasteiger partial charge in [0, 0.05) is 25.6 Å². The Kier molecular flexibility index (Phi) is 7.21. The number of carbonyl (C=O) groups excluding carboxylic acids is 1. The Hall–Kier alpha value is -0.610. The highest BCUT2D eigenvalue weighted by atomic mass is 16.1. The van der Waals surface area contributed by atoms with Gasteiger partial charge in [-0.2, -0.15) is 0 Å². The summed E-state index contributed by atoms with van der Waals surface area (Å²) in [6, 6.07) is 0.586.